The number of nitrogens with one attached hydrogen (secondary N) is 1. The Morgan fingerprint density at radius 1 is 1.46 bits per heavy atom. The molecule has 0 bridgehead atoms. The van der Waals surface area contributed by atoms with Crippen LogP contribution in [0, 0.1) is 0 Å². The Morgan fingerprint density at radius 2 is 2.25 bits per heavy atom. The van der Waals surface area contributed by atoms with Gasteiger partial charge in [-0.15, -0.1) is 0 Å². The van der Waals surface area contributed by atoms with Gasteiger partial charge in [0.15, 0.2) is 0 Å². The van der Waals surface area contributed by atoms with Crippen LogP contribution in [0.1, 0.15) is 23.3 Å². The molecule has 1 aliphatic rings. The molecule has 2 N–H and O–H groups in total. The summed E-state index contributed by atoms with van der Waals surface area (Å²) in [6.07, 6.45) is 2.88. The molecule has 0 unspecified atom stereocenters. The van der Waals surface area contributed by atoms with Gasteiger partial charge in [0.05, 0.1) is 0 Å². The first kappa shape index (κ1) is 17.0. The predicted molar refractivity (Wildman–Crippen MR) is 95.0 cm³/mol. The van der Waals surface area contributed by atoms with E-state index in [0.29, 0.717) is 11.3 Å². The molecule has 3 rings (SSSR count). The third-order valence-electron chi connectivity index (χ3n) is 4.41. The summed E-state index contributed by atoms with van der Waals surface area (Å²) in [6.45, 7) is 1.55. The van der Waals surface area contributed by atoms with Crippen LogP contribution in [0.2, 0.25) is 5.02 Å². The zero-order chi connectivity index (χ0) is 17.3. The summed E-state index contributed by atoms with van der Waals surface area (Å²) >= 11 is 6.39. The molecule has 24 heavy (non-hydrogen) atoms. The highest BCUT2D eigenvalue weighted by molar-refractivity contribution is 6.32. The highest BCUT2D eigenvalue weighted by Crippen LogP contribution is 2.37. The molecule has 1 aliphatic heterocycles. The zero-order valence-corrected chi connectivity index (χ0v) is 14.6. The number of rotatable bonds is 4. The average Bonchev–Trinajstić information content (AvgIpc) is 2.79. The van der Waals surface area contributed by atoms with Crippen LogP contribution in [0.15, 0.2) is 22.1 Å². The molecule has 128 valence electrons. The topological polar surface area (TPSA) is 65.7 Å². The third kappa shape index (κ3) is 3.07. The van der Waals surface area contributed by atoms with Crippen molar-refractivity contribution < 1.29 is 14.3 Å². The second kappa shape index (κ2) is 6.97. The molecule has 0 saturated carbocycles. The van der Waals surface area contributed by atoms with Crippen LogP contribution in [0.3, 0.4) is 0 Å². The highest BCUT2D eigenvalue weighted by Gasteiger charge is 2.23. The molecule has 0 aliphatic carbocycles. The van der Waals surface area contributed by atoms with Crippen molar-refractivity contribution >= 4 is 34.6 Å². The number of likely N-dealkylation sites (N-methyl/N-ethyl adjacent to an activating group) is 2. The van der Waals surface area contributed by atoms with Crippen LogP contribution in [-0.2, 0) is 17.8 Å². The van der Waals surface area contributed by atoms with Gasteiger partial charge in [0.1, 0.15) is 11.3 Å². The van der Waals surface area contributed by atoms with Crippen molar-refractivity contribution in [3.05, 3.63) is 39.6 Å². The summed E-state index contributed by atoms with van der Waals surface area (Å²) in [5, 5.41) is 13.6. The van der Waals surface area contributed by atoms with E-state index in [2.05, 4.69) is 17.3 Å². The third-order valence-corrected chi connectivity index (χ3v) is 4.77. The minimum absolute atomic E-state index is 0.0915. The van der Waals surface area contributed by atoms with Crippen LogP contribution >= 0.6 is 11.6 Å². The van der Waals surface area contributed by atoms with Crippen LogP contribution < -0.4 is 5.32 Å². The summed E-state index contributed by atoms with van der Waals surface area (Å²) in [5.74, 6) is 0.450. The standard InChI is InChI=1S/C18H21ClN2O3/c1-20-18(23)11(6-8-22)9-16-13-10-21(2)7-5-12-14(19)3-4-15(24-16)17(12)13/h3-4,9,22H,5-8,10H2,1-2H3,(H,20,23). The van der Waals surface area contributed by atoms with Crippen molar-refractivity contribution in [2.45, 2.75) is 19.4 Å². The summed E-state index contributed by atoms with van der Waals surface area (Å²) < 4.78 is 6.02. The highest BCUT2D eigenvalue weighted by atomic mass is 35.5. The number of benzene rings is 1. The van der Waals surface area contributed by atoms with Crippen molar-refractivity contribution in [3.8, 4) is 0 Å². The Morgan fingerprint density at radius 3 is 2.96 bits per heavy atom. The van der Waals surface area contributed by atoms with E-state index in [1.165, 1.54) is 0 Å². The largest absolute Gasteiger partial charge is 0.456 e. The van der Waals surface area contributed by atoms with E-state index in [-0.39, 0.29) is 18.9 Å². The molecule has 2 aromatic rings. The van der Waals surface area contributed by atoms with E-state index in [1.54, 1.807) is 13.1 Å². The number of furan rings is 1. The first-order valence-corrected chi connectivity index (χ1v) is 8.37. The van der Waals surface area contributed by atoms with Gasteiger partial charge < -0.3 is 19.7 Å². The van der Waals surface area contributed by atoms with Gasteiger partial charge in [0.2, 0.25) is 5.91 Å². The van der Waals surface area contributed by atoms with Crippen LogP contribution in [0.25, 0.3) is 17.0 Å². The number of hydrogen-bond acceptors (Lipinski definition) is 4. The van der Waals surface area contributed by atoms with Crippen LogP contribution in [-0.4, -0.2) is 43.2 Å². The fourth-order valence-electron chi connectivity index (χ4n) is 3.18. The van der Waals surface area contributed by atoms with Gasteiger partial charge in [-0.05, 0) is 37.2 Å². The fourth-order valence-corrected chi connectivity index (χ4v) is 3.43. The maximum absolute atomic E-state index is 12.0. The Bertz CT molecular complexity index is 810. The van der Waals surface area contributed by atoms with Gasteiger partial charge in [-0.2, -0.15) is 0 Å². The molecule has 0 atom stereocenters. The number of aliphatic hydroxyl groups is 1. The van der Waals surface area contributed by atoms with Gasteiger partial charge in [-0.25, -0.2) is 0 Å². The van der Waals surface area contributed by atoms with Crippen molar-refractivity contribution in [1.82, 2.24) is 10.2 Å². The fraction of sp³-hybridized carbons (Fsp3) is 0.389. The molecule has 1 aromatic heterocycles. The monoisotopic (exact) mass is 348 g/mol. The number of carbonyl (C=O) groups is 1. The van der Waals surface area contributed by atoms with E-state index in [1.807, 2.05) is 12.1 Å². The molecule has 5 nitrogen and oxygen atoms in total. The Labute approximate surface area is 145 Å². The molecule has 2 heterocycles. The molecule has 0 radical (unpaired) electrons. The summed E-state index contributed by atoms with van der Waals surface area (Å²) in [7, 11) is 3.63. The van der Waals surface area contributed by atoms with E-state index in [4.69, 9.17) is 16.0 Å². The molecule has 6 heteroatoms. The zero-order valence-electron chi connectivity index (χ0n) is 13.9. The average molecular weight is 349 g/mol. The molecule has 0 fully saturated rings. The molecular weight excluding hydrogens is 328 g/mol. The summed E-state index contributed by atoms with van der Waals surface area (Å²) in [6, 6.07) is 3.73. The molecule has 1 amide bonds. The Kier molecular flexibility index (Phi) is 4.94. The van der Waals surface area contributed by atoms with Gasteiger partial charge in [0, 0.05) is 54.7 Å². The second-order valence-electron chi connectivity index (χ2n) is 6.05. The van der Waals surface area contributed by atoms with Gasteiger partial charge in [-0.1, -0.05) is 11.6 Å². The smallest absolute Gasteiger partial charge is 0.247 e. The molecule has 0 saturated heterocycles. The minimum Gasteiger partial charge on any atom is -0.456 e. The minimum atomic E-state index is -0.211. The molecular formula is C18H21ClN2O3. The second-order valence-corrected chi connectivity index (χ2v) is 6.46. The SMILES string of the molecule is CNC(=O)C(=Cc1oc2ccc(Cl)c3c2c1CN(C)CC3)CCO. The maximum atomic E-state index is 12.0. The Balaban J connectivity index is 2.20. The first-order chi connectivity index (χ1) is 11.5. The lowest BCUT2D eigenvalue weighted by atomic mass is 10.0. The number of aliphatic hydroxyl groups excluding tert-OH is 1. The van der Waals surface area contributed by atoms with Crippen molar-refractivity contribution in [2.75, 3.05) is 27.2 Å². The lowest BCUT2D eigenvalue weighted by molar-refractivity contribution is -0.117. The molecule has 1 aromatic carbocycles. The van der Waals surface area contributed by atoms with Crippen molar-refractivity contribution in [2.24, 2.45) is 0 Å². The molecule has 0 spiro atoms. The van der Waals surface area contributed by atoms with Crippen LogP contribution in [0.4, 0.5) is 0 Å². The van der Waals surface area contributed by atoms with Gasteiger partial charge in [0.25, 0.3) is 0 Å². The normalized spacial score (nSPS) is 15.6. The van der Waals surface area contributed by atoms with Gasteiger partial charge in [-0.3, -0.25) is 4.79 Å². The maximum Gasteiger partial charge on any atom is 0.247 e. The van der Waals surface area contributed by atoms with E-state index in [0.717, 1.165) is 46.6 Å². The predicted octanol–water partition coefficient (Wildman–Crippen LogP) is 2.59. The van der Waals surface area contributed by atoms with Crippen LogP contribution in [0.5, 0.6) is 0 Å². The Hall–Kier alpha value is -1.82. The number of hydrogen-bond donors (Lipinski definition) is 2. The van der Waals surface area contributed by atoms with Crippen molar-refractivity contribution in [1.29, 1.82) is 0 Å². The number of amides is 1. The van der Waals surface area contributed by atoms with Crippen molar-refractivity contribution in [3.63, 3.8) is 0 Å². The quantitative estimate of drug-likeness (QED) is 0.833. The lowest BCUT2D eigenvalue weighted by Crippen LogP contribution is -2.21. The van der Waals surface area contributed by atoms with E-state index >= 15 is 0 Å². The van der Waals surface area contributed by atoms with E-state index in [9.17, 15) is 9.90 Å². The summed E-state index contributed by atoms with van der Waals surface area (Å²) in [5.41, 5.74) is 3.42. The summed E-state index contributed by atoms with van der Waals surface area (Å²) in [4.78, 5) is 14.2. The number of carbonyl (C=O) groups excluding carboxylic acids is 1. The van der Waals surface area contributed by atoms with Gasteiger partial charge >= 0.3 is 0 Å². The lowest BCUT2D eigenvalue weighted by Gasteiger charge is -2.13. The van der Waals surface area contributed by atoms with E-state index < -0.39 is 0 Å². The first-order valence-electron chi connectivity index (χ1n) is 8.00. The number of halogens is 1. The number of nitrogens with zero attached hydrogens (tertiary/aromatic N) is 1.